The molecule has 0 spiro atoms. The number of hydrogen-bond acceptors (Lipinski definition) is 4. The minimum absolute atomic E-state index is 0.0236. The smallest absolute Gasteiger partial charge is 0.261 e. The fourth-order valence-electron chi connectivity index (χ4n) is 2.99. The first kappa shape index (κ1) is 19.4. The van der Waals surface area contributed by atoms with Crippen molar-refractivity contribution in [3.05, 3.63) is 59.7 Å². The molecule has 7 heteroatoms. The van der Waals surface area contributed by atoms with E-state index in [2.05, 4.69) is 4.72 Å². The van der Waals surface area contributed by atoms with Crippen LogP contribution in [-0.4, -0.2) is 45.0 Å². The SMILES string of the molecule is CCc1ccc(S(=O)(=O)Nc2ccc(C(=O)N3CCOCC3C)cc2)cc1. The van der Waals surface area contributed by atoms with Gasteiger partial charge in [-0.25, -0.2) is 8.42 Å². The molecule has 0 bridgehead atoms. The molecule has 0 aromatic heterocycles. The third-order valence-corrected chi connectivity index (χ3v) is 6.05. The molecule has 1 aliphatic rings. The molecule has 144 valence electrons. The fourth-order valence-corrected chi connectivity index (χ4v) is 4.05. The van der Waals surface area contributed by atoms with Gasteiger partial charge in [-0.15, -0.1) is 0 Å². The number of ether oxygens (including phenoxy) is 1. The van der Waals surface area contributed by atoms with Crippen LogP contribution >= 0.6 is 0 Å². The van der Waals surface area contributed by atoms with E-state index in [1.165, 1.54) is 0 Å². The molecule has 1 aliphatic heterocycles. The summed E-state index contributed by atoms with van der Waals surface area (Å²) in [6.45, 7) is 5.58. The van der Waals surface area contributed by atoms with E-state index in [1.807, 2.05) is 13.8 Å². The summed E-state index contributed by atoms with van der Waals surface area (Å²) in [6.07, 6.45) is 0.852. The maximum absolute atomic E-state index is 12.6. The molecule has 27 heavy (non-hydrogen) atoms. The largest absolute Gasteiger partial charge is 0.377 e. The Labute approximate surface area is 160 Å². The lowest BCUT2D eigenvalue weighted by atomic mass is 10.1. The zero-order chi connectivity index (χ0) is 19.4. The highest BCUT2D eigenvalue weighted by molar-refractivity contribution is 7.92. The minimum Gasteiger partial charge on any atom is -0.377 e. The van der Waals surface area contributed by atoms with Crippen LogP contribution in [0.5, 0.6) is 0 Å². The number of benzene rings is 2. The zero-order valence-electron chi connectivity index (χ0n) is 15.5. The normalized spacial score (nSPS) is 17.6. The summed E-state index contributed by atoms with van der Waals surface area (Å²) in [5.41, 5.74) is 2.02. The summed E-state index contributed by atoms with van der Waals surface area (Å²) in [4.78, 5) is 14.6. The number of sulfonamides is 1. The summed E-state index contributed by atoms with van der Waals surface area (Å²) >= 11 is 0. The van der Waals surface area contributed by atoms with E-state index >= 15 is 0 Å². The Hall–Kier alpha value is -2.38. The highest BCUT2D eigenvalue weighted by atomic mass is 32.2. The van der Waals surface area contributed by atoms with Gasteiger partial charge < -0.3 is 9.64 Å². The lowest BCUT2D eigenvalue weighted by molar-refractivity contribution is 0.00359. The topological polar surface area (TPSA) is 75.7 Å². The molecule has 0 saturated carbocycles. The van der Waals surface area contributed by atoms with Gasteiger partial charge in [-0.05, 0) is 55.3 Å². The number of nitrogens with one attached hydrogen (secondary N) is 1. The lowest BCUT2D eigenvalue weighted by Gasteiger charge is -2.33. The first-order chi connectivity index (χ1) is 12.9. The molecule has 1 atom stereocenters. The summed E-state index contributed by atoms with van der Waals surface area (Å²) in [5.74, 6) is -0.0737. The number of rotatable bonds is 5. The summed E-state index contributed by atoms with van der Waals surface area (Å²) in [6, 6.07) is 13.3. The van der Waals surface area contributed by atoms with Gasteiger partial charge in [-0.3, -0.25) is 9.52 Å². The van der Waals surface area contributed by atoms with Crippen LogP contribution in [0.3, 0.4) is 0 Å². The van der Waals surface area contributed by atoms with Crippen molar-refractivity contribution in [3.8, 4) is 0 Å². The van der Waals surface area contributed by atoms with Gasteiger partial charge >= 0.3 is 0 Å². The maximum Gasteiger partial charge on any atom is 0.261 e. The van der Waals surface area contributed by atoms with Gasteiger partial charge in [0, 0.05) is 17.8 Å². The Bertz CT molecular complexity index is 893. The average molecular weight is 388 g/mol. The van der Waals surface area contributed by atoms with Crippen LogP contribution in [0.4, 0.5) is 5.69 Å². The third kappa shape index (κ3) is 4.48. The molecule has 1 N–H and O–H groups in total. The zero-order valence-corrected chi connectivity index (χ0v) is 16.3. The number of aryl methyl sites for hydroxylation is 1. The molecule has 1 heterocycles. The molecule has 1 unspecified atom stereocenters. The Balaban J connectivity index is 1.72. The van der Waals surface area contributed by atoms with Crippen LogP contribution in [-0.2, 0) is 21.2 Å². The Morgan fingerprint density at radius 2 is 1.81 bits per heavy atom. The molecular formula is C20H24N2O4S. The quantitative estimate of drug-likeness (QED) is 0.855. The molecule has 6 nitrogen and oxygen atoms in total. The van der Waals surface area contributed by atoms with Gasteiger partial charge in [0.05, 0.1) is 24.2 Å². The van der Waals surface area contributed by atoms with Crippen molar-refractivity contribution >= 4 is 21.6 Å². The first-order valence-electron chi connectivity index (χ1n) is 9.01. The van der Waals surface area contributed by atoms with E-state index in [0.717, 1.165) is 12.0 Å². The number of nitrogens with zero attached hydrogens (tertiary/aromatic N) is 1. The Kier molecular flexibility index (Phi) is 5.82. The predicted octanol–water partition coefficient (Wildman–Crippen LogP) is 2.91. The Morgan fingerprint density at radius 1 is 1.15 bits per heavy atom. The van der Waals surface area contributed by atoms with Crippen LogP contribution in [0, 0.1) is 0 Å². The van der Waals surface area contributed by atoms with Gasteiger partial charge in [-0.1, -0.05) is 19.1 Å². The number of carbonyl (C=O) groups is 1. The Morgan fingerprint density at radius 3 is 2.41 bits per heavy atom. The van der Waals surface area contributed by atoms with E-state index < -0.39 is 10.0 Å². The second-order valence-electron chi connectivity index (χ2n) is 6.60. The summed E-state index contributed by atoms with van der Waals surface area (Å²) < 4.78 is 32.9. The monoisotopic (exact) mass is 388 g/mol. The maximum atomic E-state index is 12.6. The van der Waals surface area contributed by atoms with E-state index in [0.29, 0.717) is 31.0 Å². The molecule has 0 aliphatic carbocycles. The minimum atomic E-state index is -3.66. The van der Waals surface area contributed by atoms with E-state index in [1.54, 1.807) is 53.4 Å². The van der Waals surface area contributed by atoms with Crippen molar-refractivity contribution in [1.82, 2.24) is 4.90 Å². The summed E-state index contributed by atoms with van der Waals surface area (Å²) in [5, 5.41) is 0. The first-order valence-corrected chi connectivity index (χ1v) is 10.5. The second kappa shape index (κ2) is 8.10. The molecule has 3 rings (SSSR count). The number of amides is 1. The molecule has 1 saturated heterocycles. The molecule has 2 aromatic rings. The van der Waals surface area contributed by atoms with Crippen LogP contribution in [0.2, 0.25) is 0 Å². The van der Waals surface area contributed by atoms with Gasteiger partial charge in [-0.2, -0.15) is 0 Å². The van der Waals surface area contributed by atoms with Crippen LogP contribution in [0.25, 0.3) is 0 Å². The molecule has 2 aromatic carbocycles. The van der Waals surface area contributed by atoms with Crippen molar-refractivity contribution in [2.75, 3.05) is 24.5 Å². The number of anilines is 1. The lowest BCUT2D eigenvalue weighted by Crippen LogP contribution is -2.47. The highest BCUT2D eigenvalue weighted by Gasteiger charge is 2.24. The van der Waals surface area contributed by atoms with Crippen LogP contribution in [0.15, 0.2) is 53.4 Å². The van der Waals surface area contributed by atoms with E-state index in [9.17, 15) is 13.2 Å². The predicted molar refractivity (Wildman–Crippen MR) is 104 cm³/mol. The van der Waals surface area contributed by atoms with Crippen LogP contribution in [0.1, 0.15) is 29.8 Å². The van der Waals surface area contributed by atoms with Crippen molar-refractivity contribution in [2.24, 2.45) is 0 Å². The van der Waals surface area contributed by atoms with Gasteiger partial charge in [0.1, 0.15) is 0 Å². The molecule has 1 fully saturated rings. The van der Waals surface area contributed by atoms with Gasteiger partial charge in [0.2, 0.25) is 0 Å². The van der Waals surface area contributed by atoms with Gasteiger partial charge in [0.15, 0.2) is 0 Å². The van der Waals surface area contributed by atoms with Crippen molar-refractivity contribution in [3.63, 3.8) is 0 Å². The van der Waals surface area contributed by atoms with E-state index in [4.69, 9.17) is 4.74 Å². The third-order valence-electron chi connectivity index (χ3n) is 4.65. The highest BCUT2D eigenvalue weighted by Crippen LogP contribution is 2.19. The van der Waals surface area contributed by atoms with Crippen LogP contribution < -0.4 is 4.72 Å². The van der Waals surface area contributed by atoms with Crippen molar-refractivity contribution in [2.45, 2.75) is 31.2 Å². The second-order valence-corrected chi connectivity index (χ2v) is 8.29. The molecule has 0 radical (unpaired) electrons. The van der Waals surface area contributed by atoms with Crippen molar-refractivity contribution in [1.29, 1.82) is 0 Å². The van der Waals surface area contributed by atoms with E-state index in [-0.39, 0.29) is 16.8 Å². The standard InChI is InChI=1S/C20H24N2O4S/c1-3-16-4-10-19(11-5-16)27(24,25)21-18-8-6-17(7-9-18)20(23)22-12-13-26-14-15(22)2/h4-11,15,21H,3,12-14H2,1-2H3. The molecular weight excluding hydrogens is 364 g/mol. The number of morpholine rings is 1. The van der Waals surface area contributed by atoms with Crippen molar-refractivity contribution < 1.29 is 17.9 Å². The molecule has 1 amide bonds. The number of carbonyl (C=O) groups excluding carboxylic acids is 1. The fraction of sp³-hybridized carbons (Fsp3) is 0.350. The average Bonchev–Trinajstić information content (AvgIpc) is 2.68. The van der Waals surface area contributed by atoms with Gasteiger partial charge in [0.25, 0.3) is 15.9 Å². The number of hydrogen-bond donors (Lipinski definition) is 1. The summed E-state index contributed by atoms with van der Waals surface area (Å²) in [7, 11) is -3.66.